The molecular formula is C20H17Cl2FN4O2S. The number of hydrogen-bond donors (Lipinski definition) is 1. The van der Waals surface area contributed by atoms with Crippen LogP contribution in [0.5, 0.6) is 5.75 Å². The van der Waals surface area contributed by atoms with Crippen LogP contribution in [0, 0.1) is 5.82 Å². The lowest BCUT2D eigenvalue weighted by Gasteiger charge is -2.11. The van der Waals surface area contributed by atoms with Gasteiger partial charge in [-0.2, -0.15) is 0 Å². The number of ether oxygens (including phenoxy) is 1. The average molecular weight is 467 g/mol. The summed E-state index contributed by atoms with van der Waals surface area (Å²) in [6.45, 7) is 0.230. The molecule has 0 bridgehead atoms. The van der Waals surface area contributed by atoms with Crippen molar-refractivity contribution >= 4 is 46.6 Å². The number of anilines is 1. The number of rotatable bonds is 8. The van der Waals surface area contributed by atoms with Crippen LogP contribution in [0.3, 0.4) is 0 Å². The zero-order valence-electron chi connectivity index (χ0n) is 15.6. The molecule has 0 spiro atoms. The van der Waals surface area contributed by atoms with Crippen LogP contribution in [0.4, 0.5) is 10.1 Å². The van der Waals surface area contributed by atoms with Crippen molar-refractivity contribution in [3.8, 4) is 5.75 Å². The first kappa shape index (κ1) is 21.0. The van der Waals surface area contributed by atoms with Gasteiger partial charge in [0.25, 0.3) is 0 Å². The highest BCUT2D eigenvalue weighted by molar-refractivity contribution is 7.99. The number of halogens is 3. The highest BCUT2D eigenvalue weighted by Crippen LogP contribution is 2.39. The van der Waals surface area contributed by atoms with Crippen LogP contribution in [0.25, 0.3) is 0 Å². The van der Waals surface area contributed by atoms with E-state index in [0.29, 0.717) is 33.5 Å². The van der Waals surface area contributed by atoms with E-state index >= 15 is 0 Å². The van der Waals surface area contributed by atoms with E-state index in [4.69, 9.17) is 27.9 Å². The Labute approximate surface area is 186 Å². The van der Waals surface area contributed by atoms with Gasteiger partial charge >= 0.3 is 0 Å². The Morgan fingerprint density at radius 3 is 2.73 bits per heavy atom. The Hall–Kier alpha value is -2.29. The summed E-state index contributed by atoms with van der Waals surface area (Å²) in [7, 11) is 0. The number of nitrogens with zero attached hydrogens (tertiary/aromatic N) is 3. The molecule has 0 aliphatic heterocycles. The molecule has 0 atom stereocenters. The molecule has 0 saturated heterocycles. The Balaban J connectivity index is 1.39. The molecule has 30 heavy (non-hydrogen) atoms. The summed E-state index contributed by atoms with van der Waals surface area (Å²) in [6.07, 6.45) is 2.07. The van der Waals surface area contributed by atoms with E-state index in [0.717, 1.165) is 12.8 Å². The zero-order chi connectivity index (χ0) is 21.1. The number of carbonyl (C=O) groups is 1. The Bertz CT molecular complexity index is 1070. The minimum absolute atomic E-state index is 0.0444. The third-order valence-electron chi connectivity index (χ3n) is 4.38. The van der Waals surface area contributed by atoms with Gasteiger partial charge in [-0.1, -0.05) is 47.1 Å². The second-order valence-electron chi connectivity index (χ2n) is 6.68. The Morgan fingerprint density at radius 1 is 1.20 bits per heavy atom. The quantitative estimate of drug-likeness (QED) is 0.452. The topological polar surface area (TPSA) is 69.0 Å². The molecule has 0 radical (unpaired) electrons. The lowest BCUT2D eigenvalue weighted by Crippen LogP contribution is -2.15. The van der Waals surface area contributed by atoms with Gasteiger partial charge in [0.1, 0.15) is 18.2 Å². The van der Waals surface area contributed by atoms with Gasteiger partial charge in [-0.25, -0.2) is 4.39 Å². The molecule has 1 heterocycles. The van der Waals surface area contributed by atoms with Crippen LogP contribution in [0.2, 0.25) is 10.0 Å². The maximum absolute atomic E-state index is 13.2. The fourth-order valence-corrected chi connectivity index (χ4v) is 4.00. The minimum atomic E-state index is -0.534. The first-order valence-electron chi connectivity index (χ1n) is 9.20. The molecule has 1 saturated carbocycles. The van der Waals surface area contributed by atoms with E-state index in [9.17, 15) is 9.18 Å². The SMILES string of the molecule is O=C(CSc1nnc(COc2ccccc2Cl)n1C1CC1)Nc1ccc(F)c(Cl)c1. The molecule has 1 amide bonds. The molecule has 4 rings (SSSR count). The predicted octanol–water partition coefficient (Wildman–Crippen LogP) is 5.37. The largest absolute Gasteiger partial charge is 0.484 e. The van der Waals surface area contributed by atoms with E-state index in [1.807, 2.05) is 16.7 Å². The number of amides is 1. The molecule has 2 aromatic carbocycles. The van der Waals surface area contributed by atoms with Crippen molar-refractivity contribution in [1.29, 1.82) is 0 Å². The second kappa shape index (κ2) is 9.24. The number of carbonyl (C=O) groups excluding carboxylic acids is 1. The van der Waals surface area contributed by atoms with Crippen LogP contribution < -0.4 is 10.1 Å². The number of thioether (sulfide) groups is 1. The van der Waals surface area contributed by atoms with E-state index < -0.39 is 5.82 Å². The van der Waals surface area contributed by atoms with Crippen molar-refractivity contribution in [2.24, 2.45) is 0 Å². The van der Waals surface area contributed by atoms with Crippen molar-refractivity contribution in [1.82, 2.24) is 14.8 Å². The summed E-state index contributed by atoms with van der Waals surface area (Å²) >= 11 is 13.2. The zero-order valence-corrected chi connectivity index (χ0v) is 18.0. The first-order chi connectivity index (χ1) is 14.5. The van der Waals surface area contributed by atoms with Crippen molar-refractivity contribution in [3.05, 3.63) is 64.2 Å². The molecular weight excluding hydrogens is 450 g/mol. The monoisotopic (exact) mass is 466 g/mol. The van der Waals surface area contributed by atoms with Crippen LogP contribution in [0.15, 0.2) is 47.6 Å². The lowest BCUT2D eigenvalue weighted by atomic mass is 10.3. The number of aromatic nitrogens is 3. The number of hydrogen-bond acceptors (Lipinski definition) is 5. The minimum Gasteiger partial charge on any atom is -0.484 e. The van der Waals surface area contributed by atoms with E-state index in [2.05, 4.69) is 15.5 Å². The highest BCUT2D eigenvalue weighted by atomic mass is 35.5. The van der Waals surface area contributed by atoms with Gasteiger partial charge in [0, 0.05) is 11.7 Å². The third-order valence-corrected chi connectivity index (χ3v) is 5.92. The fraction of sp³-hybridized carbons (Fsp3) is 0.250. The molecule has 156 valence electrons. The molecule has 1 N–H and O–H groups in total. The molecule has 3 aromatic rings. The van der Waals surface area contributed by atoms with Crippen LogP contribution in [-0.2, 0) is 11.4 Å². The lowest BCUT2D eigenvalue weighted by molar-refractivity contribution is -0.113. The Morgan fingerprint density at radius 2 is 2.00 bits per heavy atom. The normalized spacial score (nSPS) is 13.3. The van der Waals surface area contributed by atoms with E-state index in [1.165, 1.54) is 30.0 Å². The first-order valence-corrected chi connectivity index (χ1v) is 10.9. The summed E-state index contributed by atoms with van der Waals surface area (Å²) < 4.78 is 21.1. The van der Waals surface area contributed by atoms with Crippen molar-refractivity contribution < 1.29 is 13.9 Å². The highest BCUT2D eigenvalue weighted by Gasteiger charge is 2.30. The average Bonchev–Trinajstić information content (AvgIpc) is 3.48. The third kappa shape index (κ3) is 5.06. The molecule has 0 unspecified atom stereocenters. The van der Waals surface area contributed by atoms with Gasteiger partial charge in [-0.05, 0) is 43.2 Å². The molecule has 1 aliphatic rings. The van der Waals surface area contributed by atoms with Crippen molar-refractivity contribution in [2.45, 2.75) is 30.6 Å². The standard InChI is InChI=1S/C20H17Cl2FN4O2S/c21-14-3-1-2-4-17(14)29-10-18-25-26-20(27(18)13-6-7-13)30-11-19(28)24-12-5-8-16(23)15(22)9-12/h1-5,8-9,13H,6-7,10-11H2,(H,24,28). The summed E-state index contributed by atoms with van der Waals surface area (Å²) in [5.41, 5.74) is 0.435. The van der Waals surface area contributed by atoms with Crippen molar-refractivity contribution in [3.63, 3.8) is 0 Å². The van der Waals surface area contributed by atoms with Gasteiger partial charge in [0.2, 0.25) is 5.91 Å². The maximum Gasteiger partial charge on any atom is 0.234 e. The molecule has 10 heteroatoms. The second-order valence-corrected chi connectivity index (χ2v) is 8.44. The van der Waals surface area contributed by atoms with Gasteiger partial charge in [-0.15, -0.1) is 10.2 Å². The number of para-hydroxylation sites is 1. The van der Waals surface area contributed by atoms with E-state index in [1.54, 1.807) is 12.1 Å². The number of benzene rings is 2. The van der Waals surface area contributed by atoms with Gasteiger partial charge in [0.15, 0.2) is 11.0 Å². The van der Waals surface area contributed by atoms with Gasteiger partial charge < -0.3 is 10.1 Å². The summed E-state index contributed by atoms with van der Waals surface area (Å²) in [5.74, 6) is 0.613. The fourth-order valence-electron chi connectivity index (χ4n) is 2.81. The van der Waals surface area contributed by atoms with Crippen molar-refractivity contribution in [2.75, 3.05) is 11.1 Å². The summed E-state index contributed by atoms with van der Waals surface area (Å²) in [5, 5.41) is 12.3. The predicted molar refractivity (Wildman–Crippen MR) is 115 cm³/mol. The smallest absolute Gasteiger partial charge is 0.234 e. The van der Waals surface area contributed by atoms with Crippen LogP contribution >= 0.6 is 35.0 Å². The molecule has 1 aliphatic carbocycles. The van der Waals surface area contributed by atoms with Gasteiger partial charge in [-0.3, -0.25) is 9.36 Å². The summed E-state index contributed by atoms with van der Waals surface area (Å²) in [4.78, 5) is 12.3. The maximum atomic E-state index is 13.2. The number of nitrogens with one attached hydrogen (secondary N) is 1. The Kier molecular flexibility index (Phi) is 6.46. The van der Waals surface area contributed by atoms with Crippen LogP contribution in [0.1, 0.15) is 24.7 Å². The molecule has 1 aromatic heterocycles. The van der Waals surface area contributed by atoms with Gasteiger partial charge in [0.05, 0.1) is 15.8 Å². The van der Waals surface area contributed by atoms with Crippen LogP contribution in [-0.4, -0.2) is 26.4 Å². The molecule has 6 nitrogen and oxygen atoms in total. The summed E-state index contributed by atoms with van der Waals surface area (Å²) in [6, 6.07) is 11.6. The molecule has 1 fully saturated rings. The van der Waals surface area contributed by atoms with E-state index in [-0.39, 0.29) is 23.3 Å².